The van der Waals surface area contributed by atoms with Gasteiger partial charge in [0, 0.05) is 12.8 Å². The van der Waals surface area contributed by atoms with E-state index in [1.807, 2.05) is 0 Å². The Morgan fingerprint density at radius 2 is 2.00 bits per heavy atom. The Morgan fingerprint density at radius 1 is 1.29 bits per heavy atom. The van der Waals surface area contributed by atoms with Crippen molar-refractivity contribution in [3.8, 4) is 0 Å². The highest BCUT2D eigenvalue weighted by Crippen LogP contribution is 2.26. The fraction of sp³-hybridized carbons (Fsp3) is 0.500. The molecule has 0 saturated heterocycles. The number of para-hydroxylation sites is 1. The fourth-order valence-corrected chi connectivity index (χ4v) is 2.45. The zero-order chi connectivity index (χ0) is 12.9. The topological polar surface area (TPSA) is 72.2 Å². The van der Waals surface area contributed by atoms with Crippen LogP contribution in [0.25, 0.3) is 0 Å². The standard InChI is InChI=1S/C12H20N2O2S/c1-3-4-5-9-14-10-7-6-8-11(12(10)13)17(2,15)16/h6-8,14H,3-5,9,13H2,1-2H3. The number of rotatable bonds is 6. The first kappa shape index (κ1) is 13.8. The summed E-state index contributed by atoms with van der Waals surface area (Å²) in [6.45, 7) is 2.95. The Kier molecular flexibility index (Phi) is 4.81. The summed E-state index contributed by atoms with van der Waals surface area (Å²) in [4.78, 5) is 0.193. The van der Waals surface area contributed by atoms with Crippen LogP contribution in [-0.4, -0.2) is 21.2 Å². The molecule has 4 nitrogen and oxygen atoms in total. The van der Waals surface area contributed by atoms with Crippen LogP contribution in [0, 0.1) is 0 Å². The third-order valence-corrected chi connectivity index (χ3v) is 3.72. The van der Waals surface area contributed by atoms with E-state index in [9.17, 15) is 8.42 Å². The Bertz CT molecular complexity index is 469. The van der Waals surface area contributed by atoms with Crippen molar-refractivity contribution in [2.75, 3.05) is 23.9 Å². The van der Waals surface area contributed by atoms with Crippen molar-refractivity contribution in [3.05, 3.63) is 18.2 Å². The average Bonchev–Trinajstić information content (AvgIpc) is 2.25. The molecule has 1 aromatic rings. The van der Waals surface area contributed by atoms with E-state index in [1.54, 1.807) is 12.1 Å². The number of nitrogen functional groups attached to an aromatic ring is 1. The number of unbranched alkanes of at least 4 members (excludes halogenated alkanes) is 2. The van der Waals surface area contributed by atoms with E-state index in [2.05, 4.69) is 12.2 Å². The first-order chi connectivity index (χ1) is 7.96. The maximum atomic E-state index is 11.5. The van der Waals surface area contributed by atoms with Gasteiger partial charge in [-0.2, -0.15) is 0 Å². The van der Waals surface area contributed by atoms with Gasteiger partial charge < -0.3 is 11.1 Å². The molecule has 0 radical (unpaired) electrons. The van der Waals surface area contributed by atoms with E-state index in [4.69, 9.17) is 5.73 Å². The Hall–Kier alpha value is -1.23. The quantitative estimate of drug-likeness (QED) is 0.605. The minimum atomic E-state index is -3.26. The Balaban J connectivity index is 2.81. The van der Waals surface area contributed by atoms with Crippen LogP contribution < -0.4 is 11.1 Å². The van der Waals surface area contributed by atoms with Gasteiger partial charge in [0.25, 0.3) is 0 Å². The van der Waals surface area contributed by atoms with Crippen molar-refractivity contribution in [1.82, 2.24) is 0 Å². The molecule has 5 heteroatoms. The van der Waals surface area contributed by atoms with Gasteiger partial charge in [0.2, 0.25) is 0 Å². The minimum Gasteiger partial charge on any atom is -0.396 e. The van der Waals surface area contributed by atoms with Gasteiger partial charge in [-0.1, -0.05) is 25.8 Å². The van der Waals surface area contributed by atoms with Crippen LogP contribution in [0.3, 0.4) is 0 Å². The number of hydrogen-bond acceptors (Lipinski definition) is 4. The van der Waals surface area contributed by atoms with Crippen molar-refractivity contribution in [2.45, 2.75) is 31.1 Å². The number of hydrogen-bond donors (Lipinski definition) is 2. The van der Waals surface area contributed by atoms with E-state index in [0.717, 1.165) is 25.8 Å². The van der Waals surface area contributed by atoms with Gasteiger partial charge in [0.1, 0.15) is 0 Å². The van der Waals surface area contributed by atoms with Crippen LogP contribution in [-0.2, 0) is 9.84 Å². The summed E-state index contributed by atoms with van der Waals surface area (Å²) in [6, 6.07) is 5.03. The lowest BCUT2D eigenvalue weighted by atomic mass is 10.2. The van der Waals surface area contributed by atoms with E-state index in [1.165, 1.54) is 12.3 Å². The van der Waals surface area contributed by atoms with Crippen molar-refractivity contribution >= 4 is 21.2 Å². The van der Waals surface area contributed by atoms with Crippen LogP contribution in [0.2, 0.25) is 0 Å². The van der Waals surface area contributed by atoms with Crippen molar-refractivity contribution in [1.29, 1.82) is 0 Å². The van der Waals surface area contributed by atoms with Gasteiger partial charge in [-0.3, -0.25) is 0 Å². The third-order valence-electron chi connectivity index (χ3n) is 2.56. The molecule has 0 unspecified atom stereocenters. The van der Waals surface area contributed by atoms with Crippen LogP contribution in [0.1, 0.15) is 26.2 Å². The lowest BCUT2D eigenvalue weighted by Gasteiger charge is -2.11. The number of nitrogens with two attached hydrogens (primary N) is 1. The molecule has 0 aliphatic heterocycles. The molecule has 0 aliphatic rings. The predicted molar refractivity (Wildman–Crippen MR) is 72.0 cm³/mol. The Morgan fingerprint density at radius 3 is 2.59 bits per heavy atom. The van der Waals surface area contributed by atoms with Crippen molar-refractivity contribution in [2.24, 2.45) is 0 Å². The zero-order valence-electron chi connectivity index (χ0n) is 10.4. The summed E-state index contributed by atoms with van der Waals surface area (Å²) in [7, 11) is -3.26. The molecular formula is C12H20N2O2S. The zero-order valence-corrected chi connectivity index (χ0v) is 11.2. The van der Waals surface area contributed by atoms with Gasteiger partial charge in [0.15, 0.2) is 9.84 Å². The molecule has 1 rings (SSSR count). The lowest BCUT2D eigenvalue weighted by Crippen LogP contribution is -2.08. The molecule has 0 aliphatic carbocycles. The summed E-state index contributed by atoms with van der Waals surface area (Å²) in [5.74, 6) is 0. The summed E-state index contributed by atoms with van der Waals surface area (Å²) in [6.07, 6.45) is 4.53. The van der Waals surface area contributed by atoms with Gasteiger partial charge in [0.05, 0.1) is 16.3 Å². The van der Waals surface area contributed by atoms with Crippen LogP contribution in [0.15, 0.2) is 23.1 Å². The monoisotopic (exact) mass is 256 g/mol. The smallest absolute Gasteiger partial charge is 0.177 e. The number of sulfone groups is 1. The van der Waals surface area contributed by atoms with Gasteiger partial charge in [-0.05, 0) is 18.6 Å². The van der Waals surface area contributed by atoms with Gasteiger partial charge in [-0.25, -0.2) is 8.42 Å². The van der Waals surface area contributed by atoms with Crippen LogP contribution in [0.5, 0.6) is 0 Å². The highest BCUT2D eigenvalue weighted by atomic mass is 32.2. The van der Waals surface area contributed by atoms with E-state index in [-0.39, 0.29) is 4.90 Å². The SMILES string of the molecule is CCCCCNc1cccc(S(C)(=O)=O)c1N. The molecule has 0 bridgehead atoms. The second kappa shape index (κ2) is 5.91. The molecule has 1 aromatic carbocycles. The summed E-state index contributed by atoms with van der Waals surface area (Å²) < 4.78 is 22.9. The molecule has 0 saturated carbocycles. The second-order valence-electron chi connectivity index (χ2n) is 4.12. The fourth-order valence-electron chi connectivity index (χ4n) is 1.62. The van der Waals surface area contributed by atoms with E-state index in [0.29, 0.717) is 11.4 Å². The Labute approximate surface area is 103 Å². The highest BCUT2D eigenvalue weighted by molar-refractivity contribution is 7.90. The van der Waals surface area contributed by atoms with Gasteiger partial charge in [-0.15, -0.1) is 0 Å². The molecule has 96 valence electrons. The van der Waals surface area contributed by atoms with Crippen molar-refractivity contribution in [3.63, 3.8) is 0 Å². The largest absolute Gasteiger partial charge is 0.396 e. The summed E-state index contributed by atoms with van der Waals surface area (Å²) >= 11 is 0. The first-order valence-corrected chi connectivity index (χ1v) is 7.68. The minimum absolute atomic E-state index is 0.193. The third kappa shape index (κ3) is 3.93. The molecule has 0 fully saturated rings. The van der Waals surface area contributed by atoms with Crippen LogP contribution in [0.4, 0.5) is 11.4 Å². The molecule has 3 N–H and O–H groups in total. The molecule has 17 heavy (non-hydrogen) atoms. The number of benzene rings is 1. The van der Waals surface area contributed by atoms with E-state index < -0.39 is 9.84 Å². The first-order valence-electron chi connectivity index (χ1n) is 5.79. The highest BCUT2D eigenvalue weighted by Gasteiger charge is 2.13. The molecule has 0 amide bonds. The number of nitrogens with one attached hydrogen (secondary N) is 1. The maximum absolute atomic E-state index is 11.5. The normalized spacial score (nSPS) is 11.4. The lowest BCUT2D eigenvalue weighted by molar-refractivity contribution is 0.602. The number of anilines is 2. The van der Waals surface area contributed by atoms with Gasteiger partial charge >= 0.3 is 0 Å². The summed E-state index contributed by atoms with van der Waals surface area (Å²) in [5.41, 5.74) is 6.85. The van der Waals surface area contributed by atoms with Crippen molar-refractivity contribution < 1.29 is 8.42 Å². The predicted octanol–water partition coefficient (Wildman–Crippen LogP) is 2.27. The van der Waals surface area contributed by atoms with E-state index >= 15 is 0 Å². The average molecular weight is 256 g/mol. The summed E-state index contributed by atoms with van der Waals surface area (Å²) in [5, 5.41) is 3.17. The molecule has 0 atom stereocenters. The second-order valence-corrected chi connectivity index (χ2v) is 6.11. The molecule has 0 heterocycles. The molecule has 0 spiro atoms. The molecule has 0 aromatic heterocycles. The maximum Gasteiger partial charge on any atom is 0.177 e. The van der Waals surface area contributed by atoms with Crippen LogP contribution >= 0.6 is 0 Å². The molecular weight excluding hydrogens is 236 g/mol.